The summed E-state index contributed by atoms with van der Waals surface area (Å²) in [5.74, 6) is 2.28. The minimum absolute atomic E-state index is 0.0514. The fourth-order valence-corrected chi connectivity index (χ4v) is 4.18. The monoisotopic (exact) mass is 430 g/mol. The molecule has 0 bridgehead atoms. The maximum Gasteiger partial charge on any atom is 0.150 e. The lowest BCUT2D eigenvalue weighted by molar-refractivity contribution is -0.0282. The molecule has 3 heterocycles. The standard InChI is InChI=1S/C25H26N4O3/c26-24-23-22(18-6-9-20(10-7-18)31-15-17-4-2-1-3-5-17)28-25(29(23)13-12-27-24)19-8-11-21(14-30)32-16-19/h1-7,9-10,12-13,19,21,30H,8,11,14-16H2,(H2,26,27). The zero-order valence-electron chi connectivity index (χ0n) is 17.7. The maximum atomic E-state index is 9.35. The van der Waals surface area contributed by atoms with Gasteiger partial charge in [0.15, 0.2) is 0 Å². The van der Waals surface area contributed by atoms with Gasteiger partial charge in [0.1, 0.15) is 35.2 Å². The third-order valence-electron chi connectivity index (χ3n) is 5.93. The highest BCUT2D eigenvalue weighted by molar-refractivity contribution is 5.85. The van der Waals surface area contributed by atoms with Crippen molar-refractivity contribution in [1.29, 1.82) is 0 Å². The van der Waals surface area contributed by atoms with Crippen LogP contribution in [0.2, 0.25) is 0 Å². The number of aromatic nitrogens is 3. The molecular weight excluding hydrogens is 404 g/mol. The number of nitrogens with zero attached hydrogens (tertiary/aromatic N) is 3. The molecule has 7 heteroatoms. The number of ether oxygens (including phenoxy) is 2. The van der Waals surface area contributed by atoms with E-state index in [-0.39, 0.29) is 18.6 Å². The van der Waals surface area contributed by atoms with Gasteiger partial charge in [0.05, 0.1) is 19.3 Å². The Bertz CT molecular complexity index is 1180. The van der Waals surface area contributed by atoms with E-state index in [4.69, 9.17) is 20.2 Å². The van der Waals surface area contributed by atoms with Crippen molar-refractivity contribution in [1.82, 2.24) is 14.4 Å². The van der Waals surface area contributed by atoms with Crippen molar-refractivity contribution in [2.24, 2.45) is 0 Å². The zero-order valence-corrected chi connectivity index (χ0v) is 17.7. The van der Waals surface area contributed by atoms with Crippen LogP contribution in [0.5, 0.6) is 5.75 Å². The van der Waals surface area contributed by atoms with Gasteiger partial charge in [-0.2, -0.15) is 0 Å². The van der Waals surface area contributed by atoms with Gasteiger partial charge in [-0.3, -0.25) is 4.40 Å². The van der Waals surface area contributed by atoms with Gasteiger partial charge in [-0.1, -0.05) is 30.3 Å². The SMILES string of the molecule is Nc1nccn2c(C3CCC(CO)OC3)nc(-c3ccc(OCc4ccccc4)cc3)c12. The molecule has 7 nitrogen and oxygen atoms in total. The molecule has 0 amide bonds. The summed E-state index contributed by atoms with van der Waals surface area (Å²) in [5.41, 5.74) is 9.93. The number of nitrogen functional groups attached to an aromatic ring is 1. The number of rotatable bonds is 6. The number of fused-ring (bicyclic) bond motifs is 1. The molecule has 1 saturated heterocycles. The van der Waals surface area contributed by atoms with Crippen molar-refractivity contribution >= 4 is 11.3 Å². The smallest absolute Gasteiger partial charge is 0.150 e. The highest BCUT2D eigenvalue weighted by Gasteiger charge is 2.27. The number of anilines is 1. The normalized spacial score (nSPS) is 18.7. The summed E-state index contributed by atoms with van der Waals surface area (Å²) in [6.07, 6.45) is 5.20. The van der Waals surface area contributed by atoms with Gasteiger partial charge in [-0.05, 0) is 42.7 Å². The molecule has 1 aliphatic heterocycles. The van der Waals surface area contributed by atoms with Gasteiger partial charge in [0.2, 0.25) is 0 Å². The van der Waals surface area contributed by atoms with Gasteiger partial charge in [0.25, 0.3) is 0 Å². The molecule has 2 atom stereocenters. The Hall–Kier alpha value is -3.42. The van der Waals surface area contributed by atoms with E-state index in [0.29, 0.717) is 19.0 Å². The summed E-state index contributed by atoms with van der Waals surface area (Å²) in [6.45, 7) is 1.10. The van der Waals surface area contributed by atoms with Crippen LogP contribution in [0.15, 0.2) is 67.0 Å². The lowest BCUT2D eigenvalue weighted by Crippen LogP contribution is -2.28. The number of benzene rings is 2. The molecule has 0 radical (unpaired) electrons. The van der Waals surface area contributed by atoms with Crippen molar-refractivity contribution in [3.8, 4) is 17.0 Å². The lowest BCUT2D eigenvalue weighted by atomic mass is 9.98. The molecule has 2 aromatic heterocycles. The largest absolute Gasteiger partial charge is 0.489 e. The summed E-state index contributed by atoms with van der Waals surface area (Å²) < 4.78 is 13.7. The van der Waals surface area contributed by atoms with Gasteiger partial charge in [-0.15, -0.1) is 0 Å². The first-order valence-corrected chi connectivity index (χ1v) is 10.8. The van der Waals surface area contributed by atoms with Crippen LogP contribution in [0.3, 0.4) is 0 Å². The van der Waals surface area contributed by atoms with Crippen molar-refractivity contribution < 1.29 is 14.6 Å². The van der Waals surface area contributed by atoms with E-state index in [0.717, 1.165) is 46.8 Å². The molecule has 3 N–H and O–H groups in total. The van der Waals surface area contributed by atoms with Crippen LogP contribution < -0.4 is 10.5 Å². The van der Waals surface area contributed by atoms with E-state index in [1.165, 1.54) is 0 Å². The number of imidazole rings is 1. The molecular formula is C25H26N4O3. The van der Waals surface area contributed by atoms with E-state index in [9.17, 15) is 5.11 Å². The van der Waals surface area contributed by atoms with Gasteiger partial charge in [0, 0.05) is 23.9 Å². The van der Waals surface area contributed by atoms with Crippen LogP contribution in [0.1, 0.15) is 30.1 Å². The summed E-state index contributed by atoms with van der Waals surface area (Å²) in [6, 6.07) is 18.0. The van der Waals surface area contributed by atoms with Crippen molar-refractivity contribution in [3.63, 3.8) is 0 Å². The van der Waals surface area contributed by atoms with E-state index in [2.05, 4.69) is 4.98 Å². The average molecular weight is 431 g/mol. The van der Waals surface area contributed by atoms with E-state index < -0.39 is 0 Å². The summed E-state index contributed by atoms with van der Waals surface area (Å²) >= 11 is 0. The fraction of sp³-hybridized carbons (Fsp3) is 0.280. The molecule has 32 heavy (non-hydrogen) atoms. The van der Waals surface area contributed by atoms with Crippen molar-refractivity contribution in [2.45, 2.75) is 31.5 Å². The molecule has 5 rings (SSSR count). The van der Waals surface area contributed by atoms with Crippen molar-refractivity contribution in [3.05, 3.63) is 78.4 Å². The topological polar surface area (TPSA) is 94.9 Å². The second kappa shape index (κ2) is 8.98. The number of aliphatic hydroxyl groups excluding tert-OH is 1. The minimum Gasteiger partial charge on any atom is -0.489 e. The maximum absolute atomic E-state index is 9.35. The Labute approximate surface area is 186 Å². The molecule has 0 saturated carbocycles. The molecule has 1 fully saturated rings. The molecule has 0 spiro atoms. The number of aliphatic hydroxyl groups is 1. The molecule has 1 aliphatic rings. The third kappa shape index (κ3) is 4.04. The summed E-state index contributed by atoms with van der Waals surface area (Å²) in [7, 11) is 0. The van der Waals surface area contributed by atoms with Gasteiger partial charge in [-0.25, -0.2) is 9.97 Å². The van der Waals surface area contributed by atoms with Gasteiger partial charge >= 0.3 is 0 Å². The molecule has 2 unspecified atom stereocenters. The van der Waals surface area contributed by atoms with Crippen LogP contribution in [-0.4, -0.2) is 38.8 Å². The first-order chi connectivity index (χ1) is 15.7. The highest BCUT2D eigenvalue weighted by Crippen LogP contribution is 2.34. The second-order valence-corrected chi connectivity index (χ2v) is 8.06. The Morgan fingerprint density at radius 2 is 1.91 bits per heavy atom. The van der Waals surface area contributed by atoms with E-state index in [1.54, 1.807) is 6.20 Å². The van der Waals surface area contributed by atoms with E-state index in [1.807, 2.05) is 65.2 Å². The van der Waals surface area contributed by atoms with Crippen LogP contribution in [0, 0.1) is 0 Å². The Morgan fingerprint density at radius 1 is 1.09 bits per heavy atom. The van der Waals surface area contributed by atoms with E-state index >= 15 is 0 Å². The Morgan fingerprint density at radius 3 is 2.62 bits per heavy atom. The number of hydrogen-bond donors (Lipinski definition) is 2. The van der Waals surface area contributed by atoms with Crippen LogP contribution >= 0.6 is 0 Å². The first kappa shape index (κ1) is 20.5. The van der Waals surface area contributed by atoms with Crippen LogP contribution in [0.4, 0.5) is 5.82 Å². The average Bonchev–Trinajstić information content (AvgIpc) is 3.25. The predicted molar refractivity (Wildman–Crippen MR) is 122 cm³/mol. The second-order valence-electron chi connectivity index (χ2n) is 8.06. The first-order valence-electron chi connectivity index (χ1n) is 10.8. The number of hydrogen-bond acceptors (Lipinski definition) is 6. The molecule has 164 valence electrons. The van der Waals surface area contributed by atoms with Crippen molar-refractivity contribution in [2.75, 3.05) is 18.9 Å². The summed E-state index contributed by atoms with van der Waals surface area (Å²) in [5, 5.41) is 9.35. The third-order valence-corrected chi connectivity index (χ3v) is 5.93. The fourth-order valence-electron chi connectivity index (χ4n) is 4.18. The Kier molecular flexibility index (Phi) is 5.75. The predicted octanol–water partition coefficient (Wildman–Crippen LogP) is 3.81. The summed E-state index contributed by atoms with van der Waals surface area (Å²) in [4.78, 5) is 9.26. The zero-order chi connectivity index (χ0) is 21.9. The van der Waals surface area contributed by atoms with Crippen LogP contribution in [-0.2, 0) is 11.3 Å². The van der Waals surface area contributed by atoms with Crippen LogP contribution in [0.25, 0.3) is 16.8 Å². The quantitative estimate of drug-likeness (QED) is 0.483. The molecule has 4 aromatic rings. The highest BCUT2D eigenvalue weighted by atomic mass is 16.5. The number of nitrogens with two attached hydrogens (primary N) is 1. The Balaban J connectivity index is 1.42. The minimum atomic E-state index is -0.0906. The molecule has 0 aliphatic carbocycles. The lowest BCUT2D eigenvalue weighted by Gasteiger charge is -2.27. The van der Waals surface area contributed by atoms with Gasteiger partial charge < -0.3 is 20.3 Å². The molecule has 2 aromatic carbocycles.